The number of benzene rings is 1. The normalized spacial score (nSPS) is 13.2. The number of nitrogens with one attached hydrogen (secondary N) is 2. The highest BCUT2D eigenvalue weighted by Gasteiger charge is 2.19. The Hall–Kier alpha value is -2.77. The first kappa shape index (κ1) is 17.6. The number of carbonyl (C=O) groups is 2. The Morgan fingerprint density at radius 3 is 2.62 bits per heavy atom. The van der Waals surface area contributed by atoms with Gasteiger partial charge in [0.25, 0.3) is 0 Å². The highest BCUT2D eigenvalue weighted by Crippen LogP contribution is 2.17. The largest absolute Gasteiger partial charge is 0.345 e. The minimum absolute atomic E-state index is 0.125. The van der Waals surface area contributed by atoms with Crippen molar-refractivity contribution in [2.45, 2.75) is 33.2 Å². The molecule has 0 saturated heterocycles. The van der Waals surface area contributed by atoms with Crippen LogP contribution in [0.25, 0.3) is 5.69 Å². The van der Waals surface area contributed by atoms with Gasteiger partial charge >= 0.3 is 11.8 Å². The second-order valence-corrected chi connectivity index (χ2v) is 5.61. The van der Waals surface area contributed by atoms with Gasteiger partial charge in [-0.2, -0.15) is 5.10 Å². The lowest BCUT2D eigenvalue weighted by atomic mass is 10.0. The monoisotopic (exact) mass is 333 g/mol. The number of rotatable bonds is 5. The van der Waals surface area contributed by atoms with Crippen LogP contribution in [0.3, 0.4) is 0 Å². The van der Waals surface area contributed by atoms with Crippen molar-refractivity contribution in [3.8, 4) is 5.69 Å². The van der Waals surface area contributed by atoms with Gasteiger partial charge in [0.15, 0.2) is 5.82 Å². The lowest BCUT2D eigenvalue weighted by Crippen LogP contribution is -2.43. The zero-order valence-electron chi connectivity index (χ0n) is 13.8. The molecule has 0 aliphatic heterocycles. The summed E-state index contributed by atoms with van der Waals surface area (Å²) in [5.74, 6) is -1.92. The standard InChI is InChI=1S/C16H20FN5O2/c1-4-10(2)11(3)20-15(23)16(24)21-12-5-6-14(13(17)7-12)22-9-18-8-19-22/h5-11H,4H2,1-3H3,(H,20,23)(H,21,24)/t10-,11-/m1/s1. The van der Waals surface area contributed by atoms with E-state index in [-0.39, 0.29) is 23.3 Å². The van der Waals surface area contributed by atoms with Crippen molar-refractivity contribution in [3.63, 3.8) is 0 Å². The Labute approximate surface area is 139 Å². The first-order chi connectivity index (χ1) is 11.4. The molecule has 24 heavy (non-hydrogen) atoms. The van der Waals surface area contributed by atoms with E-state index in [1.165, 1.54) is 29.5 Å². The van der Waals surface area contributed by atoms with E-state index < -0.39 is 17.6 Å². The molecule has 2 atom stereocenters. The van der Waals surface area contributed by atoms with Crippen molar-refractivity contribution in [2.24, 2.45) is 5.92 Å². The fourth-order valence-corrected chi connectivity index (χ4v) is 2.06. The van der Waals surface area contributed by atoms with E-state index in [0.29, 0.717) is 0 Å². The molecule has 7 nitrogen and oxygen atoms in total. The number of hydrogen-bond acceptors (Lipinski definition) is 4. The maximum Gasteiger partial charge on any atom is 0.313 e. The van der Waals surface area contributed by atoms with E-state index in [1.807, 2.05) is 20.8 Å². The van der Waals surface area contributed by atoms with Crippen molar-refractivity contribution in [3.05, 3.63) is 36.7 Å². The second kappa shape index (κ2) is 7.67. The van der Waals surface area contributed by atoms with Crippen LogP contribution in [0.1, 0.15) is 27.2 Å². The number of amides is 2. The number of halogens is 1. The van der Waals surface area contributed by atoms with Gasteiger partial charge < -0.3 is 10.6 Å². The second-order valence-electron chi connectivity index (χ2n) is 5.61. The molecule has 2 amide bonds. The van der Waals surface area contributed by atoms with Crippen LogP contribution in [0, 0.1) is 11.7 Å². The van der Waals surface area contributed by atoms with Crippen LogP contribution in [0.5, 0.6) is 0 Å². The highest BCUT2D eigenvalue weighted by atomic mass is 19.1. The van der Waals surface area contributed by atoms with E-state index in [2.05, 4.69) is 20.7 Å². The summed E-state index contributed by atoms with van der Waals surface area (Å²) in [4.78, 5) is 27.5. The van der Waals surface area contributed by atoms with Gasteiger partial charge in [-0.05, 0) is 31.0 Å². The summed E-state index contributed by atoms with van der Waals surface area (Å²) in [7, 11) is 0. The third-order valence-electron chi connectivity index (χ3n) is 3.93. The van der Waals surface area contributed by atoms with Crippen LogP contribution < -0.4 is 10.6 Å². The molecule has 0 unspecified atom stereocenters. The molecule has 0 spiro atoms. The van der Waals surface area contributed by atoms with Crippen LogP contribution >= 0.6 is 0 Å². The van der Waals surface area contributed by atoms with Crippen LogP contribution in [0.15, 0.2) is 30.9 Å². The minimum Gasteiger partial charge on any atom is -0.345 e. The maximum absolute atomic E-state index is 14.1. The zero-order chi connectivity index (χ0) is 17.7. The van der Waals surface area contributed by atoms with Crippen molar-refractivity contribution in [2.75, 3.05) is 5.32 Å². The highest BCUT2D eigenvalue weighted by molar-refractivity contribution is 6.39. The summed E-state index contributed by atoms with van der Waals surface area (Å²) in [6.07, 6.45) is 3.54. The summed E-state index contributed by atoms with van der Waals surface area (Å²) in [5, 5.41) is 8.85. The predicted octanol–water partition coefficient (Wildman–Crippen LogP) is 1.90. The molecule has 1 aromatic carbocycles. The molecule has 128 valence electrons. The number of aromatic nitrogens is 3. The van der Waals surface area contributed by atoms with Gasteiger partial charge in [-0.1, -0.05) is 20.3 Å². The van der Waals surface area contributed by atoms with Gasteiger partial charge in [-0.15, -0.1) is 0 Å². The molecular formula is C16H20FN5O2. The van der Waals surface area contributed by atoms with E-state index in [0.717, 1.165) is 12.5 Å². The third-order valence-corrected chi connectivity index (χ3v) is 3.93. The molecular weight excluding hydrogens is 313 g/mol. The molecule has 1 heterocycles. The van der Waals surface area contributed by atoms with E-state index >= 15 is 0 Å². The molecule has 1 aromatic heterocycles. The number of carbonyl (C=O) groups excluding carboxylic acids is 2. The fourth-order valence-electron chi connectivity index (χ4n) is 2.06. The molecule has 0 aliphatic carbocycles. The van der Waals surface area contributed by atoms with Gasteiger partial charge in [0.1, 0.15) is 18.3 Å². The molecule has 0 aliphatic rings. The molecule has 0 radical (unpaired) electrons. The molecule has 0 saturated carbocycles. The fraction of sp³-hybridized carbons (Fsp3) is 0.375. The van der Waals surface area contributed by atoms with Crippen LogP contribution in [0.2, 0.25) is 0 Å². The van der Waals surface area contributed by atoms with Crippen LogP contribution in [0.4, 0.5) is 10.1 Å². The SMILES string of the molecule is CC[C@@H](C)[C@@H](C)NC(=O)C(=O)Nc1ccc(-n2cncn2)c(F)c1. The maximum atomic E-state index is 14.1. The first-order valence-corrected chi connectivity index (χ1v) is 7.68. The molecule has 2 N–H and O–H groups in total. The van der Waals surface area contributed by atoms with Gasteiger partial charge in [-0.3, -0.25) is 9.59 Å². The summed E-state index contributed by atoms with van der Waals surface area (Å²) in [6.45, 7) is 5.83. The first-order valence-electron chi connectivity index (χ1n) is 7.68. The number of nitrogens with zero attached hydrogens (tertiary/aromatic N) is 3. The van der Waals surface area contributed by atoms with E-state index in [9.17, 15) is 14.0 Å². The summed E-state index contributed by atoms with van der Waals surface area (Å²) in [6, 6.07) is 3.93. The van der Waals surface area contributed by atoms with Crippen LogP contribution in [-0.2, 0) is 9.59 Å². The molecule has 0 fully saturated rings. The van der Waals surface area contributed by atoms with Crippen molar-refractivity contribution >= 4 is 17.5 Å². The minimum atomic E-state index is -0.835. The lowest BCUT2D eigenvalue weighted by molar-refractivity contribution is -0.136. The Morgan fingerprint density at radius 2 is 2.04 bits per heavy atom. The Kier molecular flexibility index (Phi) is 5.62. The van der Waals surface area contributed by atoms with Crippen molar-refractivity contribution < 1.29 is 14.0 Å². The number of hydrogen-bond donors (Lipinski definition) is 2. The smallest absolute Gasteiger partial charge is 0.313 e. The summed E-state index contributed by atoms with van der Waals surface area (Å²) in [5.41, 5.74) is 0.382. The predicted molar refractivity (Wildman–Crippen MR) is 87.0 cm³/mol. The Balaban J connectivity index is 2.02. The summed E-state index contributed by atoms with van der Waals surface area (Å²) < 4.78 is 15.4. The topological polar surface area (TPSA) is 88.9 Å². The van der Waals surface area contributed by atoms with Crippen molar-refractivity contribution in [1.82, 2.24) is 20.1 Å². The quantitative estimate of drug-likeness (QED) is 0.818. The van der Waals surface area contributed by atoms with E-state index in [1.54, 1.807) is 0 Å². The van der Waals surface area contributed by atoms with Gasteiger partial charge in [0, 0.05) is 11.7 Å². The lowest BCUT2D eigenvalue weighted by Gasteiger charge is -2.19. The molecule has 0 bridgehead atoms. The van der Waals surface area contributed by atoms with Crippen molar-refractivity contribution in [1.29, 1.82) is 0 Å². The molecule has 8 heteroatoms. The summed E-state index contributed by atoms with van der Waals surface area (Å²) >= 11 is 0. The zero-order valence-corrected chi connectivity index (χ0v) is 13.8. The Bertz CT molecular complexity index is 717. The third kappa shape index (κ3) is 4.15. The van der Waals surface area contributed by atoms with Gasteiger partial charge in [0.05, 0.1) is 0 Å². The number of anilines is 1. The van der Waals surface area contributed by atoms with Gasteiger partial charge in [0.2, 0.25) is 0 Å². The Morgan fingerprint density at radius 1 is 1.29 bits per heavy atom. The average molecular weight is 333 g/mol. The molecule has 2 aromatic rings. The molecule has 2 rings (SSSR count). The van der Waals surface area contributed by atoms with E-state index in [4.69, 9.17) is 0 Å². The average Bonchev–Trinajstić information content (AvgIpc) is 3.08. The van der Waals surface area contributed by atoms with Crippen LogP contribution in [-0.4, -0.2) is 32.6 Å². The van der Waals surface area contributed by atoms with Gasteiger partial charge in [-0.25, -0.2) is 14.1 Å².